The highest BCUT2D eigenvalue weighted by molar-refractivity contribution is 7.98. The Morgan fingerprint density at radius 3 is 2.58 bits per heavy atom. The van der Waals surface area contributed by atoms with Crippen LogP contribution in [0.4, 0.5) is 17.2 Å². The highest BCUT2D eigenvalue weighted by Crippen LogP contribution is 2.34. The van der Waals surface area contributed by atoms with Crippen molar-refractivity contribution in [3.8, 4) is 11.3 Å². The van der Waals surface area contributed by atoms with Crippen LogP contribution in [0.5, 0.6) is 0 Å². The van der Waals surface area contributed by atoms with Crippen molar-refractivity contribution in [3.63, 3.8) is 0 Å². The molecule has 0 bridgehead atoms. The first kappa shape index (κ1) is 26.6. The van der Waals surface area contributed by atoms with Gasteiger partial charge < -0.3 is 10.1 Å². The Balaban J connectivity index is 1.75. The molecule has 0 saturated carbocycles. The molecule has 1 aliphatic rings. The van der Waals surface area contributed by atoms with Crippen molar-refractivity contribution in [1.29, 1.82) is 0 Å². The molecule has 3 aromatic rings. The van der Waals surface area contributed by atoms with Crippen LogP contribution in [-0.4, -0.2) is 72.1 Å². The van der Waals surface area contributed by atoms with E-state index >= 15 is 0 Å². The molecule has 1 unspecified atom stereocenters. The summed E-state index contributed by atoms with van der Waals surface area (Å²) in [4.78, 5) is 20.4. The maximum atomic E-state index is 11.7. The average Bonchev–Trinajstić information content (AvgIpc) is 2.85. The second kappa shape index (κ2) is 11.3. The van der Waals surface area contributed by atoms with Crippen molar-refractivity contribution in [3.05, 3.63) is 47.1 Å². The number of hydrogen-bond acceptors (Lipinski definition) is 10. The number of hydrogen-bond donors (Lipinski definition) is 2. The number of anilines is 3. The van der Waals surface area contributed by atoms with E-state index < -0.39 is 10.0 Å². The van der Waals surface area contributed by atoms with Gasteiger partial charge in [-0.15, -0.1) is 11.8 Å². The van der Waals surface area contributed by atoms with Gasteiger partial charge in [-0.3, -0.25) is 9.62 Å². The molecule has 3 aromatic heterocycles. The number of nitrogens with zero attached hydrogens (tertiary/aromatic N) is 5. The predicted molar refractivity (Wildman–Crippen MR) is 144 cm³/mol. The van der Waals surface area contributed by atoms with Gasteiger partial charge in [-0.1, -0.05) is 11.6 Å². The van der Waals surface area contributed by atoms with Crippen molar-refractivity contribution in [2.75, 3.05) is 48.9 Å². The SMILES string of the molecule is CSc1cc(-c2cc(C(C)N3CCOCC3)cnc2Nc2cnc(Cl)c(NS(C)(=O)=O)c2)nc(C)n1. The van der Waals surface area contributed by atoms with Crippen LogP contribution in [0, 0.1) is 6.92 Å². The lowest BCUT2D eigenvalue weighted by atomic mass is 10.0. The van der Waals surface area contributed by atoms with Crippen LogP contribution in [0.2, 0.25) is 5.15 Å². The van der Waals surface area contributed by atoms with E-state index in [2.05, 4.69) is 42.9 Å². The second-order valence-electron chi connectivity index (χ2n) is 8.39. The van der Waals surface area contributed by atoms with Crippen molar-refractivity contribution >= 4 is 50.6 Å². The van der Waals surface area contributed by atoms with Crippen molar-refractivity contribution < 1.29 is 13.2 Å². The lowest BCUT2D eigenvalue weighted by molar-refractivity contribution is 0.0198. The maximum absolute atomic E-state index is 11.7. The molecule has 10 nitrogen and oxygen atoms in total. The van der Waals surface area contributed by atoms with E-state index in [1.807, 2.05) is 25.4 Å². The Morgan fingerprint density at radius 2 is 1.89 bits per heavy atom. The number of rotatable bonds is 8. The molecule has 4 rings (SSSR count). The molecule has 0 aliphatic carbocycles. The Bertz CT molecular complexity index is 1350. The first-order valence-electron chi connectivity index (χ1n) is 11.2. The molecule has 1 saturated heterocycles. The van der Waals surface area contributed by atoms with Gasteiger partial charge in [-0.25, -0.2) is 28.4 Å². The number of halogens is 1. The molecule has 1 aliphatic heterocycles. The molecule has 1 atom stereocenters. The number of sulfonamides is 1. The molecular formula is C23H28ClN7O3S2. The summed E-state index contributed by atoms with van der Waals surface area (Å²) in [6.07, 6.45) is 6.38. The summed E-state index contributed by atoms with van der Waals surface area (Å²) in [5.74, 6) is 1.20. The third-order valence-corrected chi connectivity index (χ3v) is 7.20. The minimum absolute atomic E-state index is 0.0462. The Morgan fingerprint density at radius 1 is 1.14 bits per heavy atom. The molecule has 4 heterocycles. The third kappa shape index (κ3) is 6.62. The Labute approximate surface area is 220 Å². The Hall–Kier alpha value is -2.51. The summed E-state index contributed by atoms with van der Waals surface area (Å²) in [7, 11) is -3.53. The van der Waals surface area contributed by atoms with E-state index in [9.17, 15) is 8.42 Å². The molecule has 192 valence electrons. The van der Waals surface area contributed by atoms with Gasteiger partial charge in [0.2, 0.25) is 10.0 Å². The molecular weight excluding hydrogens is 522 g/mol. The molecule has 0 radical (unpaired) electrons. The molecule has 2 N–H and O–H groups in total. The highest BCUT2D eigenvalue weighted by Gasteiger charge is 2.21. The van der Waals surface area contributed by atoms with E-state index in [0.717, 1.165) is 41.2 Å². The fourth-order valence-corrected chi connectivity index (χ4v) is 5.10. The second-order valence-corrected chi connectivity index (χ2v) is 11.3. The van der Waals surface area contributed by atoms with Gasteiger partial charge in [-0.2, -0.15) is 0 Å². The fourth-order valence-electron chi connectivity index (χ4n) is 3.89. The quantitative estimate of drug-likeness (QED) is 0.241. The van der Waals surface area contributed by atoms with Crippen LogP contribution in [0.25, 0.3) is 11.3 Å². The molecule has 0 spiro atoms. The van der Waals surface area contributed by atoms with Crippen molar-refractivity contribution in [1.82, 2.24) is 24.8 Å². The maximum Gasteiger partial charge on any atom is 0.229 e. The number of aromatic nitrogens is 4. The first-order valence-corrected chi connectivity index (χ1v) is 14.7. The number of morpholine rings is 1. The smallest absolute Gasteiger partial charge is 0.229 e. The molecule has 0 amide bonds. The number of pyridine rings is 2. The lowest BCUT2D eigenvalue weighted by Crippen LogP contribution is -2.38. The average molecular weight is 550 g/mol. The van der Waals surface area contributed by atoms with Crippen LogP contribution < -0.4 is 10.0 Å². The highest BCUT2D eigenvalue weighted by atomic mass is 35.5. The van der Waals surface area contributed by atoms with Gasteiger partial charge in [-0.05, 0) is 43.9 Å². The zero-order chi connectivity index (χ0) is 25.9. The zero-order valence-electron chi connectivity index (χ0n) is 20.4. The van der Waals surface area contributed by atoms with Crippen LogP contribution in [0.15, 0.2) is 35.6 Å². The normalized spacial score (nSPS) is 15.5. The fraction of sp³-hybridized carbons (Fsp3) is 0.391. The summed E-state index contributed by atoms with van der Waals surface area (Å²) in [5.41, 5.74) is 3.26. The summed E-state index contributed by atoms with van der Waals surface area (Å²) < 4.78 is 31.3. The number of aryl methyl sites for hydroxylation is 1. The van der Waals surface area contributed by atoms with E-state index in [4.69, 9.17) is 21.3 Å². The van der Waals surface area contributed by atoms with E-state index in [1.54, 1.807) is 6.07 Å². The van der Waals surface area contributed by atoms with E-state index in [-0.39, 0.29) is 16.9 Å². The Kier molecular flexibility index (Phi) is 8.30. The van der Waals surface area contributed by atoms with Crippen LogP contribution in [-0.2, 0) is 14.8 Å². The largest absolute Gasteiger partial charge is 0.379 e. The summed E-state index contributed by atoms with van der Waals surface area (Å²) in [6, 6.07) is 5.73. The van der Waals surface area contributed by atoms with Gasteiger partial charge in [0.05, 0.1) is 42.7 Å². The van der Waals surface area contributed by atoms with Crippen LogP contribution in [0.1, 0.15) is 24.4 Å². The van der Waals surface area contributed by atoms with Crippen molar-refractivity contribution in [2.24, 2.45) is 0 Å². The van der Waals surface area contributed by atoms with E-state index in [1.165, 1.54) is 18.0 Å². The molecule has 13 heteroatoms. The van der Waals surface area contributed by atoms with E-state index in [0.29, 0.717) is 30.5 Å². The summed E-state index contributed by atoms with van der Waals surface area (Å²) >= 11 is 7.64. The number of ether oxygens (including phenoxy) is 1. The number of nitrogens with one attached hydrogen (secondary N) is 2. The van der Waals surface area contributed by atoms with Crippen LogP contribution in [0.3, 0.4) is 0 Å². The van der Waals surface area contributed by atoms with Gasteiger partial charge in [0.1, 0.15) is 16.7 Å². The summed E-state index contributed by atoms with van der Waals surface area (Å²) in [6.45, 7) is 7.14. The van der Waals surface area contributed by atoms with Crippen molar-refractivity contribution in [2.45, 2.75) is 24.9 Å². The lowest BCUT2D eigenvalue weighted by Gasteiger charge is -2.32. The monoisotopic (exact) mass is 549 g/mol. The summed E-state index contributed by atoms with van der Waals surface area (Å²) in [5, 5.41) is 4.16. The molecule has 1 fully saturated rings. The van der Waals surface area contributed by atoms with Gasteiger partial charge >= 0.3 is 0 Å². The standard InChI is InChI=1S/C23H28ClN7O3S2/c1-14(31-5-7-34-8-6-31)16-9-18(19-11-21(35-3)28-15(2)27-19)23(26-12-16)29-17-10-20(22(24)25-13-17)30-36(4,32)33/h9-14,30H,5-8H2,1-4H3,(H,26,29). The van der Waals surface area contributed by atoms with Crippen LogP contribution >= 0.6 is 23.4 Å². The predicted octanol–water partition coefficient (Wildman–Crippen LogP) is 4.13. The third-order valence-electron chi connectivity index (χ3n) is 5.68. The van der Waals surface area contributed by atoms with Gasteiger partial charge in [0, 0.05) is 30.9 Å². The topological polar surface area (TPSA) is 122 Å². The molecule has 0 aromatic carbocycles. The minimum atomic E-state index is -3.53. The zero-order valence-corrected chi connectivity index (χ0v) is 22.8. The van der Waals surface area contributed by atoms with Gasteiger partial charge in [0.25, 0.3) is 0 Å². The number of thioether (sulfide) groups is 1. The minimum Gasteiger partial charge on any atom is -0.379 e. The molecule has 36 heavy (non-hydrogen) atoms. The van der Waals surface area contributed by atoms with Gasteiger partial charge in [0.15, 0.2) is 5.15 Å². The first-order chi connectivity index (χ1) is 17.1.